The van der Waals surface area contributed by atoms with Crippen molar-refractivity contribution >= 4 is 6.03 Å². The Morgan fingerprint density at radius 3 is 1.84 bits per heavy atom. The van der Waals surface area contributed by atoms with Gasteiger partial charge in [0.15, 0.2) is 0 Å². The molecule has 1 aliphatic rings. The second-order valence-electron chi connectivity index (χ2n) is 12.8. The molecule has 2 atom stereocenters. The van der Waals surface area contributed by atoms with Gasteiger partial charge in [0.05, 0.1) is 0 Å². The summed E-state index contributed by atoms with van der Waals surface area (Å²) in [5.74, 6) is 0.214. The number of carbonyl (C=O) groups excluding carboxylic acids is 1. The molecule has 4 rings (SSSR count). The maximum atomic E-state index is 12.6. The molecule has 3 aromatic carbocycles. The van der Waals surface area contributed by atoms with Crippen LogP contribution in [0.2, 0.25) is 0 Å². The summed E-state index contributed by atoms with van der Waals surface area (Å²) >= 11 is 0. The van der Waals surface area contributed by atoms with Crippen molar-refractivity contribution < 1.29 is 4.79 Å². The second kappa shape index (κ2) is 11.7. The highest BCUT2D eigenvalue weighted by Gasteiger charge is 2.33. The molecule has 0 radical (unpaired) electrons. The van der Waals surface area contributed by atoms with E-state index in [1.54, 1.807) is 0 Å². The number of hydrogen-bond acceptors (Lipinski definition) is 2. The van der Waals surface area contributed by atoms with Crippen molar-refractivity contribution in [2.75, 3.05) is 13.1 Å². The molecule has 0 aromatic heterocycles. The fraction of sp³-hybridized carbons (Fsp3) is 0.441. The highest BCUT2D eigenvalue weighted by Crippen LogP contribution is 2.35. The Labute approximate surface area is 229 Å². The molecule has 1 fully saturated rings. The van der Waals surface area contributed by atoms with Crippen LogP contribution in [0.5, 0.6) is 0 Å². The van der Waals surface area contributed by atoms with E-state index in [4.69, 9.17) is 0 Å². The highest BCUT2D eigenvalue weighted by molar-refractivity contribution is 5.74. The Bertz CT molecular complexity index is 1110. The van der Waals surface area contributed by atoms with Crippen LogP contribution < -0.4 is 16.0 Å². The molecule has 1 saturated heterocycles. The van der Waals surface area contributed by atoms with Crippen molar-refractivity contribution in [3.63, 3.8) is 0 Å². The van der Waals surface area contributed by atoms with Gasteiger partial charge in [0.25, 0.3) is 0 Å². The predicted molar refractivity (Wildman–Crippen MR) is 159 cm³/mol. The molecule has 2 amide bonds. The Morgan fingerprint density at radius 2 is 1.34 bits per heavy atom. The zero-order valence-corrected chi connectivity index (χ0v) is 24.0. The van der Waals surface area contributed by atoms with E-state index in [-0.39, 0.29) is 34.9 Å². The number of nitrogens with one attached hydrogen (secondary N) is 3. The Kier molecular flexibility index (Phi) is 8.62. The molecule has 3 N–H and O–H groups in total. The van der Waals surface area contributed by atoms with Gasteiger partial charge in [-0.3, -0.25) is 0 Å². The van der Waals surface area contributed by atoms with Crippen LogP contribution in [0.15, 0.2) is 78.9 Å². The van der Waals surface area contributed by atoms with Crippen LogP contribution in [0.1, 0.15) is 81.7 Å². The van der Waals surface area contributed by atoms with Gasteiger partial charge in [0.1, 0.15) is 0 Å². The molecule has 4 heteroatoms. The summed E-state index contributed by atoms with van der Waals surface area (Å²) in [4.78, 5) is 12.6. The van der Waals surface area contributed by atoms with Gasteiger partial charge in [-0.15, -0.1) is 0 Å². The zero-order valence-electron chi connectivity index (χ0n) is 24.0. The van der Waals surface area contributed by atoms with Crippen LogP contribution >= 0.6 is 0 Å². The fourth-order valence-electron chi connectivity index (χ4n) is 5.37. The lowest BCUT2D eigenvalue weighted by atomic mass is 9.80. The molecule has 4 nitrogen and oxygen atoms in total. The largest absolute Gasteiger partial charge is 0.338 e. The van der Waals surface area contributed by atoms with E-state index in [2.05, 4.69) is 118 Å². The maximum Gasteiger partial charge on any atom is 0.315 e. The van der Waals surface area contributed by atoms with Crippen molar-refractivity contribution in [3.8, 4) is 0 Å². The van der Waals surface area contributed by atoms with Gasteiger partial charge < -0.3 is 16.0 Å². The summed E-state index contributed by atoms with van der Waals surface area (Å²) in [7, 11) is 0. The normalized spacial score (nSPS) is 18.0. The van der Waals surface area contributed by atoms with Gasteiger partial charge in [-0.05, 0) is 51.5 Å². The van der Waals surface area contributed by atoms with E-state index in [1.807, 2.05) is 18.2 Å². The zero-order chi connectivity index (χ0) is 27.3. The molecule has 38 heavy (non-hydrogen) atoms. The summed E-state index contributed by atoms with van der Waals surface area (Å²) in [5.41, 5.74) is 6.78. The lowest BCUT2D eigenvalue weighted by molar-refractivity contribution is 0.237. The minimum Gasteiger partial charge on any atom is -0.338 e. The number of benzene rings is 3. The van der Waals surface area contributed by atoms with Crippen molar-refractivity contribution in [1.29, 1.82) is 0 Å². The minimum atomic E-state index is -0.0889. The molecule has 3 aromatic rings. The van der Waals surface area contributed by atoms with Gasteiger partial charge >= 0.3 is 6.03 Å². The topological polar surface area (TPSA) is 53.2 Å². The van der Waals surface area contributed by atoms with Gasteiger partial charge in [0.2, 0.25) is 0 Å². The average molecular weight is 512 g/mol. The molecule has 0 spiro atoms. The fourth-order valence-corrected chi connectivity index (χ4v) is 5.37. The number of urea groups is 1. The monoisotopic (exact) mass is 511 g/mol. The van der Waals surface area contributed by atoms with E-state index in [1.165, 1.54) is 27.8 Å². The molecule has 0 aliphatic carbocycles. The van der Waals surface area contributed by atoms with Crippen LogP contribution in [0.3, 0.4) is 0 Å². The third-order valence-electron chi connectivity index (χ3n) is 7.72. The predicted octanol–water partition coefficient (Wildman–Crippen LogP) is 6.69. The van der Waals surface area contributed by atoms with Crippen molar-refractivity contribution in [1.82, 2.24) is 16.0 Å². The lowest BCUT2D eigenvalue weighted by Gasteiger charge is -2.27. The molecule has 1 aliphatic heterocycles. The summed E-state index contributed by atoms with van der Waals surface area (Å²) in [6, 6.07) is 28.8. The van der Waals surface area contributed by atoms with Crippen LogP contribution in [0.4, 0.5) is 4.79 Å². The third-order valence-corrected chi connectivity index (χ3v) is 7.72. The Hall–Kier alpha value is -3.11. The summed E-state index contributed by atoms with van der Waals surface area (Å²) < 4.78 is 0. The summed E-state index contributed by atoms with van der Waals surface area (Å²) in [6.07, 6.45) is 1.72. The van der Waals surface area contributed by atoms with Crippen molar-refractivity contribution in [3.05, 3.63) is 107 Å². The molecule has 0 unspecified atom stereocenters. The first-order chi connectivity index (χ1) is 18.0. The van der Waals surface area contributed by atoms with Crippen LogP contribution in [-0.2, 0) is 17.3 Å². The minimum absolute atomic E-state index is 0.0889. The Balaban J connectivity index is 1.45. The lowest BCUT2D eigenvalue weighted by Crippen LogP contribution is -2.43. The quantitative estimate of drug-likeness (QED) is 0.331. The van der Waals surface area contributed by atoms with E-state index in [0.717, 1.165) is 19.4 Å². The second-order valence-corrected chi connectivity index (χ2v) is 12.8. The number of amides is 2. The number of rotatable bonds is 7. The van der Waals surface area contributed by atoms with Crippen LogP contribution in [0, 0.1) is 0 Å². The smallest absolute Gasteiger partial charge is 0.315 e. The summed E-state index contributed by atoms with van der Waals surface area (Å²) in [6.45, 7) is 14.9. The van der Waals surface area contributed by atoms with Gasteiger partial charge in [-0.25, -0.2) is 4.79 Å². The van der Waals surface area contributed by atoms with E-state index < -0.39 is 0 Å². The molecule has 0 bridgehead atoms. The molecule has 202 valence electrons. The van der Waals surface area contributed by atoms with E-state index in [9.17, 15) is 4.79 Å². The first kappa shape index (κ1) is 27.9. The van der Waals surface area contributed by atoms with Gasteiger partial charge in [0, 0.05) is 31.1 Å². The first-order valence-corrected chi connectivity index (χ1v) is 14.0. The van der Waals surface area contributed by atoms with Crippen molar-refractivity contribution in [2.45, 2.75) is 83.2 Å². The van der Waals surface area contributed by atoms with E-state index in [0.29, 0.717) is 6.54 Å². The first-order valence-electron chi connectivity index (χ1n) is 14.0. The van der Waals surface area contributed by atoms with E-state index >= 15 is 0 Å². The average Bonchev–Trinajstić information content (AvgIpc) is 3.32. The number of carbonyl (C=O) groups is 1. The maximum absolute atomic E-state index is 12.6. The molecule has 1 heterocycles. The standard InChI is InChI=1S/C34H45N3O/c1-33(2,3)27-16-12-25(13-17-27)31(26-14-18-28(19-15-26)34(4,5)6)30-22-29(23-36-30)37-32(38)35-21-20-24-10-8-7-9-11-24/h7-19,29-31,36H,20-23H2,1-6H3,(H2,35,37,38)/t29-,30-/m1/s1. The van der Waals surface area contributed by atoms with Gasteiger partial charge in [-0.2, -0.15) is 0 Å². The SMILES string of the molecule is CC(C)(C)c1ccc(C(c2ccc(C(C)(C)C)cc2)[C@H]2C[C@@H](NC(=O)NCCc3ccccc3)CN2)cc1. The molecular weight excluding hydrogens is 466 g/mol. The van der Waals surface area contributed by atoms with Gasteiger partial charge in [-0.1, -0.05) is 120 Å². The number of hydrogen-bond donors (Lipinski definition) is 3. The highest BCUT2D eigenvalue weighted by atomic mass is 16.2. The third kappa shape index (κ3) is 7.26. The Morgan fingerprint density at radius 1 is 0.816 bits per heavy atom. The van der Waals surface area contributed by atoms with Crippen LogP contribution in [0.25, 0.3) is 0 Å². The summed E-state index contributed by atoms with van der Waals surface area (Å²) in [5, 5.41) is 9.96. The van der Waals surface area contributed by atoms with Crippen LogP contribution in [-0.4, -0.2) is 31.2 Å². The van der Waals surface area contributed by atoms with Crippen molar-refractivity contribution in [2.24, 2.45) is 0 Å². The molecular formula is C34H45N3O. The molecule has 0 saturated carbocycles.